The molecular formula is C27H29ClN6O2. The van der Waals surface area contributed by atoms with Gasteiger partial charge in [0.1, 0.15) is 17.2 Å². The molecule has 4 aromatic rings. The number of carbonyl (C=O) groups excluding carboxylic acids is 1. The highest BCUT2D eigenvalue weighted by Crippen LogP contribution is 2.29. The third-order valence-electron chi connectivity index (χ3n) is 6.70. The molecule has 1 aliphatic heterocycles. The number of aromatic nitrogens is 3. The van der Waals surface area contributed by atoms with Gasteiger partial charge in [-0.3, -0.25) is 9.78 Å². The second kappa shape index (κ2) is 10.2. The van der Waals surface area contributed by atoms with Crippen LogP contribution in [0.2, 0.25) is 5.02 Å². The average molecular weight is 505 g/mol. The normalized spacial score (nSPS) is 14.7. The first kappa shape index (κ1) is 24.1. The van der Waals surface area contributed by atoms with Gasteiger partial charge in [0.05, 0.1) is 11.0 Å². The van der Waals surface area contributed by atoms with Gasteiger partial charge < -0.3 is 24.4 Å². The van der Waals surface area contributed by atoms with E-state index in [-0.39, 0.29) is 11.9 Å². The lowest BCUT2D eigenvalue weighted by molar-refractivity contribution is 0.0653. The summed E-state index contributed by atoms with van der Waals surface area (Å²) in [7, 11) is 5.92. The van der Waals surface area contributed by atoms with Crippen LogP contribution in [-0.2, 0) is 7.05 Å². The predicted octanol–water partition coefficient (Wildman–Crippen LogP) is 5.32. The first-order valence-electron chi connectivity index (χ1n) is 12.0. The zero-order valence-corrected chi connectivity index (χ0v) is 21.4. The summed E-state index contributed by atoms with van der Waals surface area (Å²) in [5.74, 6) is 1.80. The maximum atomic E-state index is 13.1. The van der Waals surface area contributed by atoms with Crippen molar-refractivity contribution in [3.63, 3.8) is 0 Å². The maximum absolute atomic E-state index is 13.1. The second-order valence-corrected chi connectivity index (χ2v) is 9.64. The maximum Gasteiger partial charge on any atom is 0.272 e. The Morgan fingerprint density at radius 2 is 1.78 bits per heavy atom. The number of likely N-dealkylation sites (tertiary alicyclic amines) is 1. The number of anilines is 2. The standard InChI is InChI=1S/C27H29ClN6O2/c1-32-14-11-20(12-15-32)33(2)26(35)24-17-22(10-13-29-24)36-21-8-9-25-23(16-21)31-27(34(25)3)30-19-6-4-18(28)5-7-19/h4-10,13,16-17,20H,11-12,14-15H2,1-3H3,(H,30,31). The van der Waals surface area contributed by atoms with Crippen molar-refractivity contribution < 1.29 is 9.53 Å². The minimum Gasteiger partial charge on any atom is -0.457 e. The summed E-state index contributed by atoms with van der Waals surface area (Å²) >= 11 is 5.99. The number of hydrogen-bond acceptors (Lipinski definition) is 6. The van der Waals surface area contributed by atoms with Gasteiger partial charge in [-0.05, 0) is 75.4 Å². The third-order valence-corrected chi connectivity index (χ3v) is 6.95. The summed E-state index contributed by atoms with van der Waals surface area (Å²) in [4.78, 5) is 26.2. The molecule has 0 atom stereocenters. The Kier molecular flexibility index (Phi) is 6.80. The van der Waals surface area contributed by atoms with Gasteiger partial charge in [-0.25, -0.2) is 4.98 Å². The number of benzene rings is 2. The lowest BCUT2D eigenvalue weighted by Crippen LogP contribution is -2.44. The van der Waals surface area contributed by atoms with E-state index in [1.807, 2.05) is 66.0 Å². The number of pyridine rings is 1. The highest BCUT2D eigenvalue weighted by Gasteiger charge is 2.25. The fourth-order valence-corrected chi connectivity index (χ4v) is 4.60. The lowest BCUT2D eigenvalue weighted by Gasteiger charge is -2.34. The van der Waals surface area contributed by atoms with Crippen molar-refractivity contribution in [2.24, 2.45) is 7.05 Å². The number of imidazole rings is 1. The second-order valence-electron chi connectivity index (χ2n) is 9.21. The number of halogens is 1. The van der Waals surface area contributed by atoms with E-state index in [1.165, 1.54) is 0 Å². The number of fused-ring (bicyclic) bond motifs is 1. The van der Waals surface area contributed by atoms with E-state index in [2.05, 4.69) is 22.2 Å². The van der Waals surface area contributed by atoms with Gasteiger partial charge >= 0.3 is 0 Å². The molecule has 8 nitrogen and oxygen atoms in total. The molecule has 0 bridgehead atoms. The Labute approximate surface area is 215 Å². The van der Waals surface area contributed by atoms with Gasteiger partial charge in [-0.2, -0.15) is 0 Å². The molecule has 36 heavy (non-hydrogen) atoms. The summed E-state index contributed by atoms with van der Waals surface area (Å²) in [6, 6.07) is 16.9. The molecule has 1 aliphatic rings. The number of nitrogens with one attached hydrogen (secondary N) is 1. The molecule has 1 amide bonds. The van der Waals surface area contributed by atoms with Gasteiger partial charge in [-0.15, -0.1) is 0 Å². The van der Waals surface area contributed by atoms with E-state index >= 15 is 0 Å². The van der Waals surface area contributed by atoms with E-state index in [1.54, 1.807) is 18.3 Å². The molecule has 0 radical (unpaired) electrons. The largest absolute Gasteiger partial charge is 0.457 e. The summed E-state index contributed by atoms with van der Waals surface area (Å²) in [6.07, 6.45) is 3.54. The minimum absolute atomic E-state index is 0.0897. The number of rotatable bonds is 6. The van der Waals surface area contributed by atoms with E-state index in [4.69, 9.17) is 21.3 Å². The minimum atomic E-state index is -0.0897. The molecule has 2 aromatic heterocycles. The number of nitrogens with zero attached hydrogens (tertiary/aromatic N) is 5. The van der Waals surface area contributed by atoms with Gasteiger partial charge in [0.2, 0.25) is 5.95 Å². The zero-order chi connectivity index (χ0) is 25.2. The average Bonchev–Trinajstić information content (AvgIpc) is 3.19. The fourth-order valence-electron chi connectivity index (χ4n) is 4.47. The molecule has 2 aromatic carbocycles. The molecule has 186 valence electrons. The highest BCUT2D eigenvalue weighted by atomic mass is 35.5. The first-order valence-corrected chi connectivity index (χ1v) is 12.3. The SMILES string of the molecule is CN1CCC(N(C)C(=O)c2cc(Oc3ccc4c(c3)nc(Nc3ccc(Cl)cc3)n4C)ccn2)CC1. The van der Waals surface area contributed by atoms with Crippen LogP contribution < -0.4 is 10.1 Å². The third kappa shape index (κ3) is 5.15. The van der Waals surface area contributed by atoms with Crippen LogP contribution in [0.25, 0.3) is 11.0 Å². The van der Waals surface area contributed by atoms with Crippen molar-refractivity contribution >= 4 is 40.2 Å². The molecule has 1 saturated heterocycles. The predicted molar refractivity (Wildman–Crippen MR) is 142 cm³/mol. The summed E-state index contributed by atoms with van der Waals surface area (Å²) < 4.78 is 8.08. The number of piperidine rings is 1. The first-order chi connectivity index (χ1) is 17.4. The fraction of sp³-hybridized carbons (Fsp3) is 0.296. The van der Waals surface area contributed by atoms with Crippen molar-refractivity contribution in [1.82, 2.24) is 24.3 Å². The molecule has 1 fully saturated rings. The Morgan fingerprint density at radius 3 is 2.53 bits per heavy atom. The molecule has 3 heterocycles. The summed E-state index contributed by atoms with van der Waals surface area (Å²) in [5, 5.41) is 4.00. The van der Waals surface area contributed by atoms with Crippen molar-refractivity contribution in [3.8, 4) is 11.5 Å². The van der Waals surface area contributed by atoms with Crippen LogP contribution in [-0.4, -0.2) is 63.5 Å². The van der Waals surface area contributed by atoms with Crippen molar-refractivity contribution in [2.45, 2.75) is 18.9 Å². The van der Waals surface area contributed by atoms with Crippen LogP contribution in [0.15, 0.2) is 60.8 Å². The number of ether oxygens (including phenoxy) is 1. The van der Waals surface area contributed by atoms with Crippen molar-refractivity contribution in [1.29, 1.82) is 0 Å². The Hall–Kier alpha value is -3.62. The molecule has 0 saturated carbocycles. The summed E-state index contributed by atoms with van der Waals surface area (Å²) in [6.45, 7) is 1.98. The molecule has 5 rings (SSSR count). The topological polar surface area (TPSA) is 75.5 Å². The molecular weight excluding hydrogens is 476 g/mol. The Balaban J connectivity index is 1.31. The smallest absolute Gasteiger partial charge is 0.272 e. The van der Waals surface area contributed by atoms with Crippen LogP contribution in [0.4, 0.5) is 11.6 Å². The van der Waals surface area contributed by atoms with Crippen LogP contribution in [0.5, 0.6) is 11.5 Å². The van der Waals surface area contributed by atoms with Crippen molar-refractivity contribution in [2.75, 3.05) is 32.5 Å². The monoisotopic (exact) mass is 504 g/mol. The number of carbonyl (C=O) groups is 1. The number of amides is 1. The highest BCUT2D eigenvalue weighted by molar-refractivity contribution is 6.30. The zero-order valence-electron chi connectivity index (χ0n) is 20.6. The van der Waals surface area contributed by atoms with Crippen LogP contribution in [0.1, 0.15) is 23.3 Å². The molecule has 9 heteroatoms. The number of aryl methyl sites for hydroxylation is 1. The van der Waals surface area contributed by atoms with Crippen LogP contribution in [0, 0.1) is 0 Å². The van der Waals surface area contributed by atoms with E-state index in [0.29, 0.717) is 28.2 Å². The van der Waals surface area contributed by atoms with Crippen LogP contribution >= 0.6 is 11.6 Å². The summed E-state index contributed by atoms with van der Waals surface area (Å²) in [5.41, 5.74) is 3.03. The van der Waals surface area contributed by atoms with Crippen molar-refractivity contribution in [3.05, 3.63) is 71.5 Å². The molecule has 0 aliphatic carbocycles. The number of hydrogen-bond donors (Lipinski definition) is 1. The van der Waals surface area contributed by atoms with E-state index < -0.39 is 0 Å². The Bertz CT molecular complexity index is 1380. The molecule has 1 N–H and O–H groups in total. The molecule has 0 unspecified atom stereocenters. The lowest BCUT2D eigenvalue weighted by atomic mass is 10.0. The molecule has 0 spiro atoms. The van der Waals surface area contributed by atoms with Crippen LogP contribution in [0.3, 0.4) is 0 Å². The Morgan fingerprint density at radius 1 is 1.06 bits per heavy atom. The van der Waals surface area contributed by atoms with Gasteiger partial charge in [-0.1, -0.05) is 11.6 Å². The van der Waals surface area contributed by atoms with E-state index in [0.717, 1.165) is 42.7 Å². The quantitative estimate of drug-likeness (QED) is 0.383. The van der Waals surface area contributed by atoms with Gasteiger partial charge in [0.15, 0.2) is 0 Å². The van der Waals surface area contributed by atoms with Gasteiger partial charge in [0, 0.05) is 49.2 Å². The van der Waals surface area contributed by atoms with E-state index in [9.17, 15) is 4.79 Å². The van der Waals surface area contributed by atoms with Gasteiger partial charge in [0.25, 0.3) is 5.91 Å².